The van der Waals surface area contributed by atoms with Crippen LogP contribution in [0.4, 0.5) is 4.79 Å². The van der Waals surface area contributed by atoms with Crippen LogP contribution in [0.25, 0.3) is 0 Å². The van der Waals surface area contributed by atoms with E-state index in [0.29, 0.717) is 12.6 Å². The predicted octanol–water partition coefficient (Wildman–Crippen LogP) is 1.65. The summed E-state index contributed by atoms with van der Waals surface area (Å²) < 4.78 is 0. The highest BCUT2D eigenvalue weighted by molar-refractivity contribution is 5.85. The lowest BCUT2D eigenvalue weighted by atomic mass is 10.1. The van der Waals surface area contributed by atoms with Crippen molar-refractivity contribution in [1.29, 1.82) is 0 Å². The van der Waals surface area contributed by atoms with Crippen LogP contribution < -0.4 is 10.6 Å². The number of urea groups is 1. The molecule has 0 radical (unpaired) electrons. The van der Waals surface area contributed by atoms with E-state index in [2.05, 4.69) is 29.7 Å². The van der Waals surface area contributed by atoms with Crippen LogP contribution in [-0.2, 0) is 6.42 Å². The van der Waals surface area contributed by atoms with Crippen LogP contribution in [-0.4, -0.2) is 43.2 Å². The molecule has 2 amide bonds. The van der Waals surface area contributed by atoms with Gasteiger partial charge in [-0.2, -0.15) is 0 Å². The van der Waals surface area contributed by atoms with E-state index < -0.39 is 0 Å². The zero-order chi connectivity index (χ0) is 12.8. The Labute approximate surface area is 121 Å². The van der Waals surface area contributed by atoms with Crippen LogP contribution in [0.3, 0.4) is 0 Å². The number of halogens is 1. The van der Waals surface area contributed by atoms with Gasteiger partial charge in [0.1, 0.15) is 0 Å². The van der Waals surface area contributed by atoms with Gasteiger partial charge in [0.15, 0.2) is 0 Å². The zero-order valence-electron chi connectivity index (χ0n) is 11.3. The van der Waals surface area contributed by atoms with E-state index in [1.54, 1.807) is 0 Å². The van der Waals surface area contributed by atoms with Gasteiger partial charge >= 0.3 is 6.03 Å². The summed E-state index contributed by atoms with van der Waals surface area (Å²) >= 11 is 0. The second kappa shape index (κ2) is 8.02. The van der Waals surface area contributed by atoms with Crippen LogP contribution in [0, 0.1) is 0 Å². The minimum absolute atomic E-state index is 0. The first kappa shape index (κ1) is 15.8. The van der Waals surface area contributed by atoms with E-state index in [-0.39, 0.29) is 18.4 Å². The molecule has 1 aromatic carbocycles. The number of hydrogen-bond acceptors (Lipinski definition) is 2. The Morgan fingerprint density at radius 2 is 2.16 bits per heavy atom. The number of carbonyl (C=O) groups excluding carboxylic acids is 1. The van der Waals surface area contributed by atoms with Crippen LogP contribution in [0.2, 0.25) is 0 Å². The van der Waals surface area contributed by atoms with Gasteiger partial charge in [-0.05, 0) is 18.9 Å². The summed E-state index contributed by atoms with van der Waals surface area (Å²) in [6.45, 7) is 5.26. The Balaban J connectivity index is 0.00000180. The average molecular weight is 284 g/mol. The molecule has 0 unspecified atom stereocenters. The molecule has 1 aliphatic rings. The molecule has 1 fully saturated rings. The van der Waals surface area contributed by atoms with Gasteiger partial charge in [0.25, 0.3) is 0 Å². The SMILES string of the molecule is C[C@@H]1CN(C(=O)NCCc2ccccc2)CCN1.Cl. The summed E-state index contributed by atoms with van der Waals surface area (Å²) in [5.41, 5.74) is 1.26. The van der Waals surface area contributed by atoms with Crippen molar-refractivity contribution in [2.24, 2.45) is 0 Å². The monoisotopic (exact) mass is 283 g/mol. The lowest BCUT2D eigenvalue weighted by Crippen LogP contribution is -2.54. The first-order chi connectivity index (χ1) is 8.75. The van der Waals surface area contributed by atoms with Crippen molar-refractivity contribution in [1.82, 2.24) is 15.5 Å². The molecule has 1 aliphatic heterocycles. The van der Waals surface area contributed by atoms with Gasteiger partial charge in [0.05, 0.1) is 0 Å². The standard InChI is InChI=1S/C14H21N3O.ClH/c1-12-11-17(10-9-15-12)14(18)16-8-7-13-5-3-2-4-6-13;/h2-6,12,15H,7-11H2,1H3,(H,16,18);1H/t12-;/m1./s1. The number of nitrogens with zero attached hydrogens (tertiary/aromatic N) is 1. The summed E-state index contributed by atoms with van der Waals surface area (Å²) in [6.07, 6.45) is 0.883. The molecule has 19 heavy (non-hydrogen) atoms. The first-order valence-electron chi connectivity index (χ1n) is 6.56. The van der Waals surface area contributed by atoms with Gasteiger partial charge in [-0.1, -0.05) is 30.3 Å². The van der Waals surface area contributed by atoms with Crippen LogP contribution in [0.1, 0.15) is 12.5 Å². The van der Waals surface area contributed by atoms with Crippen LogP contribution >= 0.6 is 12.4 Å². The Morgan fingerprint density at radius 1 is 1.42 bits per heavy atom. The number of hydrogen-bond donors (Lipinski definition) is 2. The summed E-state index contributed by atoms with van der Waals surface area (Å²) in [5.74, 6) is 0. The number of carbonyl (C=O) groups is 1. The third-order valence-corrected chi connectivity index (χ3v) is 3.19. The molecule has 0 bridgehead atoms. The molecule has 0 aliphatic carbocycles. The van der Waals surface area contributed by atoms with E-state index in [1.165, 1.54) is 5.56 Å². The van der Waals surface area contributed by atoms with Crippen molar-refractivity contribution in [2.75, 3.05) is 26.2 Å². The minimum atomic E-state index is 0. The second-order valence-electron chi connectivity index (χ2n) is 4.77. The summed E-state index contributed by atoms with van der Waals surface area (Å²) in [7, 11) is 0. The molecular weight excluding hydrogens is 262 g/mol. The van der Waals surface area contributed by atoms with Gasteiger partial charge < -0.3 is 15.5 Å². The average Bonchev–Trinajstić information content (AvgIpc) is 2.40. The van der Waals surface area contributed by atoms with Crippen molar-refractivity contribution < 1.29 is 4.79 Å². The number of nitrogens with one attached hydrogen (secondary N) is 2. The molecule has 5 heteroatoms. The van der Waals surface area contributed by atoms with E-state index in [4.69, 9.17) is 0 Å². The van der Waals surface area contributed by atoms with E-state index in [1.807, 2.05) is 23.1 Å². The third kappa shape index (κ3) is 5.09. The quantitative estimate of drug-likeness (QED) is 0.886. The highest BCUT2D eigenvalue weighted by atomic mass is 35.5. The number of rotatable bonds is 3. The predicted molar refractivity (Wildman–Crippen MR) is 79.8 cm³/mol. The van der Waals surface area contributed by atoms with Crippen molar-refractivity contribution in [3.8, 4) is 0 Å². The van der Waals surface area contributed by atoms with Gasteiger partial charge in [-0.3, -0.25) is 0 Å². The lowest BCUT2D eigenvalue weighted by Gasteiger charge is -2.31. The molecule has 2 rings (SSSR count). The molecule has 4 nitrogen and oxygen atoms in total. The fourth-order valence-corrected chi connectivity index (χ4v) is 2.19. The highest BCUT2D eigenvalue weighted by Crippen LogP contribution is 2.00. The molecule has 1 heterocycles. The van der Waals surface area contributed by atoms with Crippen molar-refractivity contribution >= 4 is 18.4 Å². The first-order valence-corrected chi connectivity index (χ1v) is 6.56. The summed E-state index contributed by atoms with van der Waals surface area (Å²) in [6, 6.07) is 10.7. The second-order valence-corrected chi connectivity index (χ2v) is 4.77. The largest absolute Gasteiger partial charge is 0.338 e. The summed E-state index contributed by atoms with van der Waals surface area (Å²) in [5, 5.41) is 6.31. The van der Waals surface area contributed by atoms with Crippen molar-refractivity contribution in [2.45, 2.75) is 19.4 Å². The van der Waals surface area contributed by atoms with Crippen molar-refractivity contribution in [3.05, 3.63) is 35.9 Å². The maximum Gasteiger partial charge on any atom is 0.317 e. The lowest BCUT2D eigenvalue weighted by molar-refractivity contribution is 0.179. The fraction of sp³-hybridized carbons (Fsp3) is 0.500. The molecule has 0 saturated carbocycles. The maximum atomic E-state index is 11.9. The van der Waals surface area contributed by atoms with Gasteiger partial charge in [-0.15, -0.1) is 12.4 Å². The Hall–Kier alpha value is -1.26. The van der Waals surface area contributed by atoms with Gasteiger partial charge in [0.2, 0.25) is 0 Å². The normalized spacial score (nSPS) is 18.6. The van der Waals surface area contributed by atoms with Crippen LogP contribution in [0.5, 0.6) is 0 Å². The zero-order valence-corrected chi connectivity index (χ0v) is 12.1. The van der Waals surface area contributed by atoms with Gasteiger partial charge in [0, 0.05) is 32.2 Å². The molecule has 0 spiro atoms. The molecule has 1 atom stereocenters. The smallest absolute Gasteiger partial charge is 0.317 e. The molecule has 106 valence electrons. The third-order valence-electron chi connectivity index (χ3n) is 3.19. The topological polar surface area (TPSA) is 44.4 Å². The van der Waals surface area contributed by atoms with E-state index >= 15 is 0 Å². The van der Waals surface area contributed by atoms with Gasteiger partial charge in [-0.25, -0.2) is 4.79 Å². The minimum Gasteiger partial charge on any atom is -0.338 e. The molecule has 0 aromatic heterocycles. The molecule has 1 aromatic rings. The molecule has 1 saturated heterocycles. The van der Waals surface area contributed by atoms with E-state index in [9.17, 15) is 4.79 Å². The summed E-state index contributed by atoms with van der Waals surface area (Å²) in [4.78, 5) is 13.8. The number of amides is 2. The fourth-order valence-electron chi connectivity index (χ4n) is 2.19. The van der Waals surface area contributed by atoms with Crippen molar-refractivity contribution in [3.63, 3.8) is 0 Å². The number of piperazine rings is 1. The molecule has 2 N–H and O–H groups in total. The Bertz CT molecular complexity index is 386. The molecular formula is C14H22ClN3O. The number of benzene rings is 1. The van der Waals surface area contributed by atoms with E-state index in [0.717, 1.165) is 26.1 Å². The Kier molecular flexibility index (Phi) is 6.67. The Morgan fingerprint density at radius 3 is 2.84 bits per heavy atom. The highest BCUT2D eigenvalue weighted by Gasteiger charge is 2.19. The van der Waals surface area contributed by atoms with Crippen LogP contribution in [0.15, 0.2) is 30.3 Å². The maximum absolute atomic E-state index is 11.9.